The predicted molar refractivity (Wildman–Crippen MR) is 63.5 cm³/mol. The van der Waals surface area contributed by atoms with E-state index in [2.05, 4.69) is 31.4 Å². The fourth-order valence-electron chi connectivity index (χ4n) is 2.07. The molecule has 88 valence electrons. The third kappa shape index (κ3) is 1.58. The van der Waals surface area contributed by atoms with Gasteiger partial charge in [0.1, 0.15) is 6.17 Å². The van der Waals surface area contributed by atoms with Gasteiger partial charge < -0.3 is 10.6 Å². The van der Waals surface area contributed by atoms with Crippen molar-refractivity contribution in [2.45, 2.75) is 45.3 Å². The number of nitrogens with one attached hydrogen (secondary N) is 2. The van der Waals surface area contributed by atoms with Crippen LogP contribution in [0.25, 0.3) is 0 Å². The van der Waals surface area contributed by atoms with E-state index in [1.807, 2.05) is 23.4 Å². The second-order valence-corrected chi connectivity index (χ2v) is 4.59. The fraction of sp³-hybridized carbons (Fsp3) is 0.583. The number of urea groups is 1. The molecule has 4 nitrogen and oxygen atoms in total. The summed E-state index contributed by atoms with van der Waals surface area (Å²) in [5.41, 5.74) is 1.02. The highest BCUT2D eigenvalue weighted by Crippen LogP contribution is 2.28. The van der Waals surface area contributed by atoms with Crippen LogP contribution >= 0.6 is 0 Å². The molecule has 2 heterocycles. The Hall–Kier alpha value is -1.45. The first-order valence-corrected chi connectivity index (χ1v) is 5.85. The number of carbonyl (C=O) groups is 1. The topological polar surface area (TPSA) is 44.4 Å². The summed E-state index contributed by atoms with van der Waals surface area (Å²) in [5, 5.41) is 6.04. The van der Waals surface area contributed by atoms with E-state index >= 15 is 0 Å². The van der Waals surface area contributed by atoms with Crippen LogP contribution in [0, 0.1) is 0 Å². The minimum Gasteiger partial charge on any atom is -0.368 e. The molecule has 0 aromatic heterocycles. The lowest BCUT2D eigenvalue weighted by Gasteiger charge is -2.41. The van der Waals surface area contributed by atoms with Gasteiger partial charge in [-0.15, -0.1) is 0 Å². The molecule has 2 aliphatic rings. The molecule has 0 fully saturated rings. The van der Waals surface area contributed by atoms with E-state index in [4.69, 9.17) is 0 Å². The maximum absolute atomic E-state index is 12.0. The van der Waals surface area contributed by atoms with Crippen molar-refractivity contribution in [1.82, 2.24) is 15.5 Å². The Bertz CT molecular complexity index is 355. The third-order valence-corrected chi connectivity index (χ3v) is 3.74. The summed E-state index contributed by atoms with van der Waals surface area (Å²) >= 11 is 0. The summed E-state index contributed by atoms with van der Waals surface area (Å²) in [7, 11) is 0. The molecule has 0 spiro atoms. The molecule has 2 rings (SSSR count). The van der Waals surface area contributed by atoms with Gasteiger partial charge in [0, 0.05) is 17.3 Å². The first kappa shape index (κ1) is 11.0. The van der Waals surface area contributed by atoms with E-state index in [-0.39, 0.29) is 17.7 Å². The summed E-state index contributed by atoms with van der Waals surface area (Å²) in [5.74, 6) is 0. The number of carbonyl (C=O) groups excluding carboxylic acids is 1. The van der Waals surface area contributed by atoms with Gasteiger partial charge >= 0.3 is 6.03 Å². The van der Waals surface area contributed by atoms with Crippen LogP contribution in [-0.4, -0.2) is 22.6 Å². The van der Waals surface area contributed by atoms with Gasteiger partial charge in [0.25, 0.3) is 0 Å². The average molecular weight is 221 g/mol. The zero-order valence-corrected chi connectivity index (χ0v) is 10.1. The maximum atomic E-state index is 12.0. The summed E-state index contributed by atoms with van der Waals surface area (Å²) in [6.45, 7) is 6.35. The van der Waals surface area contributed by atoms with Crippen molar-refractivity contribution in [3.8, 4) is 0 Å². The Balaban J connectivity index is 2.30. The minimum atomic E-state index is -0.0987. The molecule has 2 aliphatic heterocycles. The molecule has 1 unspecified atom stereocenters. The number of amides is 2. The molecule has 0 saturated carbocycles. The van der Waals surface area contributed by atoms with Gasteiger partial charge in [0.2, 0.25) is 0 Å². The highest BCUT2D eigenvalue weighted by Gasteiger charge is 2.36. The van der Waals surface area contributed by atoms with Crippen LogP contribution in [-0.2, 0) is 0 Å². The SMILES string of the molecule is CCC(C)(CC)N1C=C2C=CNC2NC1=O. The average Bonchev–Trinajstić information content (AvgIpc) is 2.74. The summed E-state index contributed by atoms with van der Waals surface area (Å²) < 4.78 is 0. The fourth-order valence-corrected chi connectivity index (χ4v) is 2.07. The molecule has 2 amide bonds. The van der Waals surface area contributed by atoms with Crippen molar-refractivity contribution in [2.75, 3.05) is 0 Å². The zero-order valence-electron chi connectivity index (χ0n) is 10.1. The predicted octanol–water partition coefficient (Wildman–Crippen LogP) is 1.92. The molecular formula is C12H19N3O. The summed E-state index contributed by atoms with van der Waals surface area (Å²) in [6.07, 6.45) is 7.69. The monoisotopic (exact) mass is 221 g/mol. The first-order valence-electron chi connectivity index (χ1n) is 5.85. The van der Waals surface area contributed by atoms with E-state index in [9.17, 15) is 4.79 Å². The van der Waals surface area contributed by atoms with Crippen molar-refractivity contribution >= 4 is 6.03 Å². The second-order valence-electron chi connectivity index (χ2n) is 4.59. The second kappa shape index (κ2) is 3.85. The molecule has 1 atom stereocenters. The van der Waals surface area contributed by atoms with Crippen LogP contribution in [0.5, 0.6) is 0 Å². The van der Waals surface area contributed by atoms with Gasteiger partial charge in [0.15, 0.2) is 0 Å². The van der Waals surface area contributed by atoms with E-state index < -0.39 is 0 Å². The number of nitrogens with zero attached hydrogens (tertiary/aromatic N) is 1. The highest BCUT2D eigenvalue weighted by molar-refractivity contribution is 5.79. The molecule has 0 saturated heterocycles. The van der Waals surface area contributed by atoms with Crippen LogP contribution in [0.3, 0.4) is 0 Å². The van der Waals surface area contributed by atoms with Crippen LogP contribution in [0.4, 0.5) is 4.79 Å². The van der Waals surface area contributed by atoms with Gasteiger partial charge in [-0.3, -0.25) is 4.90 Å². The van der Waals surface area contributed by atoms with E-state index in [0.717, 1.165) is 18.4 Å². The lowest BCUT2D eigenvalue weighted by Crippen LogP contribution is -2.57. The van der Waals surface area contributed by atoms with Gasteiger partial charge in [-0.25, -0.2) is 4.79 Å². The molecule has 0 aliphatic carbocycles. The largest absolute Gasteiger partial charge is 0.368 e. The van der Waals surface area contributed by atoms with Crippen molar-refractivity contribution in [1.29, 1.82) is 0 Å². The lowest BCUT2D eigenvalue weighted by atomic mass is 9.93. The molecular weight excluding hydrogens is 202 g/mol. The quantitative estimate of drug-likeness (QED) is 0.764. The Morgan fingerprint density at radius 2 is 2.12 bits per heavy atom. The van der Waals surface area contributed by atoms with Crippen molar-refractivity contribution in [2.24, 2.45) is 0 Å². The smallest absolute Gasteiger partial charge is 0.323 e. The Kier molecular flexibility index (Phi) is 2.66. The van der Waals surface area contributed by atoms with E-state index in [1.165, 1.54) is 0 Å². The van der Waals surface area contributed by atoms with Crippen LogP contribution in [0.1, 0.15) is 33.6 Å². The van der Waals surface area contributed by atoms with Gasteiger partial charge in [-0.2, -0.15) is 0 Å². The molecule has 2 N–H and O–H groups in total. The number of hydrogen-bond acceptors (Lipinski definition) is 2. The molecule has 0 aromatic rings. The minimum absolute atomic E-state index is 0.0175. The Labute approximate surface area is 96.4 Å². The number of fused-ring (bicyclic) bond motifs is 1. The maximum Gasteiger partial charge on any atom is 0.323 e. The molecule has 4 heteroatoms. The first-order chi connectivity index (χ1) is 7.60. The summed E-state index contributed by atoms with van der Waals surface area (Å²) in [6, 6.07) is -0.0175. The van der Waals surface area contributed by atoms with Gasteiger partial charge in [0.05, 0.1) is 0 Å². The standard InChI is InChI=1S/C12H19N3O/c1-4-12(3,5-2)15-8-9-6-7-13-10(9)14-11(15)16/h6-8,10,13H,4-5H2,1-3H3,(H,14,16). The summed E-state index contributed by atoms with van der Waals surface area (Å²) in [4.78, 5) is 13.8. The third-order valence-electron chi connectivity index (χ3n) is 3.74. The Morgan fingerprint density at radius 1 is 1.44 bits per heavy atom. The van der Waals surface area contributed by atoms with E-state index in [0.29, 0.717) is 0 Å². The lowest BCUT2D eigenvalue weighted by molar-refractivity contribution is 0.145. The van der Waals surface area contributed by atoms with E-state index in [1.54, 1.807) is 0 Å². The molecule has 16 heavy (non-hydrogen) atoms. The zero-order chi connectivity index (χ0) is 11.8. The number of hydrogen-bond donors (Lipinski definition) is 2. The normalized spacial score (nSPS) is 23.7. The van der Waals surface area contributed by atoms with Crippen molar-refractivity contribution in [3.05, 3.63) is 24.0 Å². The van der Waals surface area contributed by atoms with Crippen LogP contribution < -0.4 is 10.6 Å². The van der Waals surface area contributed by atoms with Crippen molar-refractivity contribution < 1.29 is 4.79 Å². The molecule has 0 bridgehead atoms. The van der Waals surface area contributed by atoms with Crippen LogP contribution in [0.2, 0.25) is 0 Å². The molecule has 0 aromatic carbocycles. The Morgan fingerprint density at radius 3 is 2.75 bits per heavy atom. The van der Waals surface area contributed by atoms with Crippen LogP contribution in [0.15, 0.2) is 24.0 Å². The van der Waals surface area contributed by atoms with Gasteiger partial charge in [-0.1, -0.05) is 13.8 Å². The van der Waals surface area contributed by atoms with Crippen molar-refractivity contribution in [3.63, 3.8) is 0 Å². The van der Waals surface area contributed by atoms with Gasteiger partial charge in [-0.05, 0) is 32.0 Å². The molecule has 0 radical (unpaired) electrons. The highest BCUT2D eigenvalue weighted by atomic mass is 16.2. The number of rotatable bonds is 3.